The van der Waals surface area contributed by atoms with Crippen molar-refractivity contribution in [3.05, 3.63) is 0 Å². The summed E-state index contributed by atoms with van der Waals surface area (Å²) < 4.78 is 0. The number of hydrogen-bond acceptors (Lipinski definition) is 3. The summed E-state index contributed by atoms with van der Waals surface area (Å²) in [5.74, 6) is 0.155. The van der Waals surface area contributed by atoms with Gasteiger partial charge in [0.05, 0.1) is 6.04 Å². The van der Waals surface area contributed by atoms with Crippen LogP contribution in [0.5, 0.6) is 0 Å². The Labute approximate surface area is 103 Å². The topological polar surface area (TPSA) is 46.3 Å². The third-order valence-electron chi connectivity index (χ3n) is 3.19. The Morgan fingerprint density at radius 1 is 1.56 bits per heavy atom. The van der Waals surface area contributed by atoms with Gasteiger partial charge < -0.3 is 10.6 Å². The number of likely N-dealkylation sites (tertiary alicyclic amines) is 1. The summed E-state index contributed by atoms with van der Waals surface area (Å²) in [5.41, 5.74) is 5.90. The maximum atomic E-state index is 12.1. The molecule has 0 aromatic rings. The molecule has 2 unspecified atom stereocenters. The molecule has 1 aliphatic rings. The van der Waals surface area contributed by atoms with E-state index in [1.807, 2.05) is 16.7 Å². The third kappa shape index (κ3) is 3.98. The number of rotatable bonds is 4. The van der Waals surface area contributed by atoms with E-state index in [0.29, 0.717) is 5.25 Å². The Bertz CT molecular complexity index is 223. The van der Waals surface area contributed by atoms with Gasteiger partial charge in [0.1, 0.15) is 0 Å². The molecule has 2 N–H and O–H groups in total. The second-order valence-electron chi connectivity index (χ2n) is 4.53. The summed E-state index contributed by atoms with van der Waals surface area (Å²) in [6, 6.07) is -0.286. The van der Waals surface area contributed by atoms with E-state index in [4.69, 9.17) is 5.73 Å². The number of carbonyl (C=O) groups excluding carboxylic acids is 1. The Balaban J connectivity index is 2.52. The molecule has 94 valence electrons. The van der Waals surface area contributed by atoms with E-state index in [2.05, 4.69) is 13.2 Å². The normalized spacial score (nSPS) is 23.9. The Morgan fingerprint density at radius 2 is 2.31 bits per heavy atom. The second-order valence-corrected chi connectivity index (χ2v) is 5.67. The molecule has 4 heteroatoms. The molecule has 0 aromatic heterocycles. The summed E-state index contributed by atoms with van der Waals surface area (Å²) in [4.78, 5) is 14.1. The molecule has 0 aromatic carbocycles. The first-order valence-electron chi connectivity index (χ1n) is 6.26. The van der Waals surface area contributed by atoms with Crippen LogP contribution in [0.25, 0.3) is 0 Å². The first kappa shape index (κ1) is 13.8. The highest BCUT2D eigenvalue weighted by Crippen LogP contribution is 2.20. The van der Waals surface area contributed by atoms with Crippen molar-refractivity contribution >= 4 is 17.7 Å². The lowest BCUT2D eigenvalue weighted by molar-refractivity contribution is -0.132. The summed E-state index contributed by atoms with van der Waals surface area (Å²) in [6.45, 7) is 3.85. The van der Waals surface area contributed by atoms with Gasteiger partial charge in [-0.2, -0.15) is 11.8 Å². The Morgan fingerprint density at radius 3 is 2.94 bits per heavy atom. The van der Waals surface area contributed by atoms with Crippen molar-refractivity contribution in [1.82, 2.24) is 4.90 Å². The summed E-state index contributed by atoms with van der Waals surface area (Å²) in [5, 5.41) is 0.597. The van der Waals surface area contributed by atoms with E-state index in [9.17, 15) is 4.79 Å². The van der Waals surface area contributed by atoms with Gasteiger partial charge in [-0.3, -0.25) is 4.79 Å². The second kappa shape index (κ2) is 7.17. The lowest BCUT2D eigenvalue weighted by atomic mass is 10.1. The lowest BCUT2D eigenvalue weighted by Gasteiger charge is -2.26. The zero-order chi connectivity index (χ0) is 12.0. The fourth-order valence-electron chi connectivity index (χ4n) is 2.16. The minimum absolute atomic E-state index is 0.155. The zero-order valence-electron chi connectivity index (χ0n) is 10.4. The van der Waals surface area contributed by atoms with Gasteiger partial charge in [-0.05, 0) is 25.5 Å². The molecule has 0 aliphatic carbocycles. The van der Waals surface area contributed by atoms with E-state index >= 15 is 0 Å². The number of nitrogens with zero attached hydrogens (tertiary/aromatic N) is 1. The van der Waals surface area contributed by atoms with Gasteiger partial charge in [0, 0.05) is 18.3 Å². The standard InChI is InChI=1S/C12H24N2OS/c1-3-6-11(13)12(15)14-8-5-4-7-10(9-14)16-2/h10-11H,3-9,13H2,1-2H3. The van der Waals surface area contributed by atoms with Gasteiger partial charge in [0.2, 0.25) is 5.91 Å². The number of hydrogen-bond donors (Lipinski definition) is 1. The lowest BCUT2D eigenvalue weighted by Crippen LogP contribution is -2.45. The van der Waals surface area contributed by atoms with Crippen molar-refractivity contribution in [3.8, 4) is 0 Å². The first-order valence-corrected chi connectivity index (χ1v) is 7.55. The average molecular weight is 244 g/mol. The molecule has 2 atom stereocenters. The molecule has 0 radical (unpaired) electrons. The molecule has 1 fully saturated rings. The van der Waals surface area contributed by atoms with Gasteiger partial charge in [0.25, 0.3) is 0 Å². The highest BCUT2D eigenvalue weighted by atomic mass is 32.2. The van der Waals surface area contributed by atoms with Crippen LogP contribution in [-0.2, 0) is 4.79 Å². The monoisotopic (exact) mass is 244 g/mol. The van der Waals surface area contributed by atoms with Crippen molar-refractivity contribution in [2.45, 2.75) is 50.3 Å². The van der Waals surface area contributed by atoms with Gasteiger partial charge in [-0.15, -0.1) is 0 Å². The zero-order valence-corrected chi connectivity index (χ0v) is 11.3. The van der Waals surface area contributed by atoms with Crippen LogP contribution in [0.4, 0.5) is 0 Å². The minimum Gasteiger partial charge on any atom is -0.340 e. The van der Waals surface area contributed by atoms with Gasteiger partial charge >= 0.3 is 0 Å². The molecule has 0 spiro atoms. The third-order valence-corrected chi connectivity index (χ3v) is 4.24. The van der Waals surface area contributed by atoms with Crippen LogP contribution >= 0.6 is 11.8 Å². The van der Waals surface area contributed by atoms with Crippen molar-refractivity contribution in [1.29, 1.82) is 0 Å². The number of carbonyl (C=O) groups is 1. The summed E-state index contributed by atoms with van der Waals surface area (Å²) in [7, 11) is 0. The Hall–Kier alpha value is -0.220. The van der Waals surface area contributed by atoms with E-state index in [0.717, 1.165) is 32.4 Å². The molecule has 1 saturated heterocycles. The molecule has 0 bridgehead atoms. The fourth-order valence-corrected chi connectivity index (χ4v) is 2.90. The number of thioether (sulfide) groups is 1. The summed E-state index contributed by atoms with van der Waals surface area (Å²) >= 11 is 1.87. The molecule has 3 nitrogen and oxygen atoms in total. The highest BCUT2D eigenvalue weighted by molar-refractivity contribution is 7.99. The van der Waals surface area contributed by atoms with Crippen molar-refractivity contribution < 1.29 is 4.79 Å². The van der Waals surface area contributed by atoms with Crippen LogP contribution in [-0.4, -0.2) is 41.4 Å². The number of nitrogens with two attached hydrogens (primary N) is 1. The quantitative estimate of drug-likeness (QED) is 0.821. The van der Waals surface area contributed by atoms with Crippen LogP contribution in [0, 0.1) is 0 Å². The average Bonchev–Trinajstić information content (AvgIpc) is 2.53. The molecule has 1 heterocycles. The summed E-state index contributed by atoms with van der Waals surface area (Å²) in [6.07, 6.45) is 7.50. The minimum atomic E-state index is -0.286. The molecule has 0 saturated carbocycles. The van der Waals surface area contributed by atoms with Crippen LogP contribution < -0.4 is 5.73 Å². The van der Waals surface area contributed by atoms with Crippen molar-refractivity contribution in [2.24, 2.45) is 5.73 Å². The van der Waals surface area contributed by atoms with Crippen LogP contribution in [0.2, 0.25) is 0 Å². The maximum Gasteiger partial charge on any atom is 0.239 e. The van der Waals surface area contributed by atoms with Gasteiger partial charge in [-0.1, -0.05) is 19.8 Å². The molecule has 1 amide bonds. The van der Waals surface area contributed by atoms with Gasteiger partial charge in [-0.25, -0.2) is 0 Å². The van der Waals surface area contributed by atoms with Crippen LogP contribution in [0.15, 0.2) is 0 Å². The fraction of sp³-hybridized carbons (Fsp3) is 0.917. The van der Waals surface area contributed by atoms with E-state index < -0.39 is 0 Å². The molecule has 1 rings (SSSR count). The van der Waals surface area contributed by atoms with Crippen molar-refractivity contribution in [3.63, 3.8) is 0 Å². The van der Waals surface area contributed by atoms with Crippen LogP contribution in [0.3, 0.4) is 0 Å². The van der Waals surface area contributed by atoms with E-state index in [-0.39, 0.29) is 11.9 Å². The highest BCUT2D eigenvalue weighted by Gasteiger charge is 2.24. The Kier molecular flexibility index (Phi) is 6.21. The SMILES string of the molecule is CCCC(N)C(=O)N1CCCCC(SC)C1. The smallest absolute Gasteiger partial charge is 0.239 e. The maximum absolute atomic E-state index is 12.1. The van der Waals surface area contributed by atoms with Gasteiger partial charge in [0.15, 0.2) is 0 Å². The predicted molar refractivity (Wildman–Crippen MR) is 70.6 cm³/mol. The first-order chi connectivity index (χ1) is 7.69. The largest absolute Gasteiger partial charge is 0.340 e. The molecule has 16 heavy (non-hydrogen) atoms. The molecule has 1 aliphatic heterocycles. The molecular weight excluding hydrogens is 220 g/mol. The van der Waals surface area contributed by atoms with Crippen molar-refractivity contribution in [2.75, 3.05) is 19.3 Å². The van der Waals surface area contributed by atoms with E-state index in [1.165, 1.54) is 12.8 Å². The number of amides is 1. The van der Waals surface area contributed by atoms with Crippen LogP contribution in [0.1, 0.15) is 39.0 Å². The predicted octanol–water partition coefficient (Wildman–Crippen LogP) is 1.86. The van der Waals surface area contributed by atoms with E-state index in [1.54, 1.807) is 0 Å². The molecular formula is C12H24N2OS.